The summed E-state index contributed by atoms with van der Waals surface area (Å²) >= 11 is 0. The van der Waals surface area contributed by atoms with Gasteiger partial charge in [-0.2, -0.15) is 0 Å². The predicted molar refractivity (Wildman–Crippen MR) is 99.1 cm³/mol. The maximum absolute atomic E-state index is 13.1. The van der Waals surface area contributed by atoms with Crippen LogP contribution in [0.2, 0.25) is 0 Å². The van der Waals surface area contributed by atoms with Crippen molar-refractivity contribution in [1.82, 2.24) is 0 Å². The molecule has 0 spiro atoms. The number of hydrogen-bond donors (Lipinski definition) is 1. The molecule has 1 aliphatic heterocycles. The van der Waals surface area contributed by atoms with E-state index in [4.69, 9.17) is 4.74 Å². The smallest absolute Gasteiger partial charge is 0.137 e. The van der Waals surface area contributed by atoms with Gasteiger partial charge in [-0.3, -0.25) is 0 Å². The fourth-order valence-electron chi connectivity index (χ4n) is 3.34. The first-order valence-corrected chi connectivity index (χ1v) is 8.14. The maximum Gasteiger partial charge on any atom is 0.137 e. The van der Waals surface area contributed by atoms with Gasteiger partial charge in [0.05, 0.1) is 0 Å². The van der Waals surface area contributed by atoms with Crippen molar-refractivity contribution in [3.63, 3.8) is 0 Å². The lowest BCUT2D eigenvalue weighted by atomic mass is 9.94. The Morgan fingerprint density at radius 2 is 1.44 bits per heavy atom. The van der Waals surface area contributed by atoms with Crippen LogP contribution in [0.5, 0.6) is 11.5 Å². The molecular weight excluding hydrogens is 313 g/mol. The number of fused-ring (bicyclic) bond motifs is 2. The first-order valence-electron chi connectivity index (χ1n) is 8.14. The zero-order chi connectivity index (χ0) is 16.8. The van der Waals surface area contributed by atoms with E-state index in [1.54, 1.807) is 12.1 Å². The van der Waals surface area contributed by atoms with E-state index in [0.29, 0.717) is 0 Å². The first-order chi connectivity index (χ1) is 12.3. The van der Waals surface area contributed by atoms with E-state index in [2.05, 4.69) is 35.6 Å². The molecular formula is C22H14FNO. The SMILES string of the molecule is Fc1ccc(Nc2ccc3c(c2)Oc2cccc4cccc-3c24)cc1. The Morgan fingerprint density at radius 3 is 2.28 bits per heavy atom. The van der Waals surface area contributed by atoms with Crippen LogP contribution in [0, 0.1) is 5.82 Å². The highest BCUT2D eigenvalue weighted by Gasteiger charge is 2.19. The maximum atomic E-state index is 13.1. The number of rotatable bonds is 2. The van der Waals surface area contributed by atoms with Crippen molar-refractivity contribution in [3.05, 3.63) is 84.7 Å². The highest BCUT2D eigenvalue weighted by atomic mass is 19.1. The van der Waals surface area contributed by atoms with Crippen LogP contribution in [0.4, 0.5) is 15.8 Å². The Balaban J connectivity index is 1.59. The van der Waals surface area contributed by atoms with Crippen molar-refractivity contribution in [1.29, 1.82) is 0 Å². The largest absolute Gasteiger partial charge is 0.456 e. The van der Waals surface area contributed by atoms with Gasteiger partial charge in [0.25, 0.3) is 0 Å². The van der Waals surface area contributed by atoms with Crippen molar-refractivity contribution >= 4 is 22.1 Å². The molecule has 1 aliphatic rings. The van der Waals surface area contributed by atoms with Crippen molar-refractivity contribution in [3.8, 4) is 22.6 Å². The highest BCUT2D eigenvalue weighted by molar-refractivity contribution is 6.04. The van der Waals surface area contributed by atoms with Gasteiger partial charge in [-0.05, 0) is 53.4 Å². The number of nitrogens with one attached hydrogen (secondary N) is 1. The van der Waals surface area contributed by atoms with Gasteiger partial charge >= 0.3 is 0 Å². The molecule has 0 saturated carbocycles. The molecule has 0 bridgehead atoms. The Labute approximate surface area is 144 Å². The van der Waals surface area contributed by atoms with E-state index in [9.17, 15) is 4.39 Å². The second kappa shape index (κ2) is 5.35. The Morgan fingerprint density at radius 1 is 0.680 bits per heavy atom. The van der Waals surface area contributed by atoms with Crippen LogP contribution in [0.25, 0.3) is 21.9 Å². The summed E-state index contributed by atoms with van der Waals surface area (Å²) < 4.78 is 19.2. The molecule has 1 heterocycles. The minimum atomic E-state index is -0.246. The van der Waals surface area contributed by atoms with Gasteiger partial charge in [0.15, 0.2) is 0 Å². The van der Waals surface area contributed by atoms with Crippen LogP contribution in [-0.4, -0.2) is 0 Å². The molecule has 0 amide bonds. The summed E-state index contributed by atoms with van der Waals surface area (Å²) in [5.41, 5.74) is 3.99. The molecule has 1 N–H and O–H groups in total. The first kappa shape index (κ1) is 14.1. The Kier molecular flexibility index (Phi) is 3.01. The van der Waals surface area contributed by atoms with Crippen molar-refractivity contribution in [2.45, 2.75) is 0 Å². The summed E-state index contributed by atoms with van der Waals surface area (Å²) in [4.78, 5) is 0. The lowest BCUT2D eigenvalue weighted by Gasteiger charge is -2.22. The van der Waals surface area contributed by atoms with Crippen LogP contribution >= 0.6 is 0 Å². The number of ether oxygens (including phenoxy) is 1. The molecule has 0 unspecified atom stereocenters. The zero-order valence-corrected chi connectivity index (χ0v) is 13.3. The van der Waals surface area contributed by atoms with Crippen LogP contribution in [0.1, 0.15) is 0 Å². The lowest BCUT2D eigenvalue weighted by molar-refractivity contribution is 0.487. The van der Waals surface area contributed by atoms with E-state index in [1.807, 2.05) is 24.3 Å². The average molecular weight is 327 g/mol. The van der Waals surface area contributed by atoms with E-state index in [-0.39, 0.29) is 5.82 Å². The minimum Gasteiger partial charge on any atom is -0.456 e. The monoisotopic (exact) mass is 327 g/mol. The molecule has 4 aromatic rings. The standard InChI is InChI=1S/C22H14FNO/c23-15-7-9-16(10-8-15)24-17-11-12-18-19-5-1-3-14-4-2-6-20(22(14)19)25-21(18)13-17/h1-13,24H. The van der Waals surface area contributed by atoms with Crippen LogP contribution in [-0.2, 0) is 0 Å². The predicted octanol–water partition coefficient (Wildman–Crippen LogP) is 6.50. The molecule has 0 saturated heterocycles. The summed E-state index contributed by atoms with van der Waals surface area (Å²) in [5.74, 6) is 1.45. The fraction of sp³-hybridized carbons (Fsp3) is 0. The molecule has 25 heavy (non-hydrogen) atoms. The summed E-state index contributed by atoms with van der Waals surface area (Å²) in [5, 5.41) is 5.61. The third-order valence-corrected chi connectivity index (χ3v) is 4.49. The average Bonchev–Trinajstić information content (AvgIpc) is 2.64. The van der Waals surface area contributed by atoms with E-state index in [1.165, 1.54) is 23.1 Å². The van der Waals surface area contributed by atoms with Crippen LogP contribution < -0.4 is 10.1 Å². The third kappa shape index (κ3) is 2.32. The molecule has 0 fully saturated rings. The van der Waals surface area contributed by atoms with Gasteiger partial charge in [0, 0.05) is 28.4 Å². The number of hydrogen-bond acceptors (Lipinski definition) is 2. The molecule has 2 nitrogen and oxygen atoms in total. The quantitative estimate of drug-likeness (QED) is 0.400. The fourth-order valence-corrected chi connectivity index (χ4v) is 3.34. The van der Waals surface area contributed by atoms with Gasteiger partial charge < -0.3 is 10.1 Å². The summed E-state index contributed by atoms with van der Waals surface area (Å²) in [6, 6.07) is 24.8. The van der Waals surface area contributed by atoms with Crippen LogP contribution in [0.3, 0.4) is 0 Å². The van der Waals surface area contributed by atoms with E-state index in [0.717, 1.165) is 33.8 Å². The van der Waals surface area contributed by atoms with E-state index >= 15 is 0 Å². The van der Waals surface area contributed by atoms with E-state index < -0.39 is 0 Å². The highest BCUT2D eigenvalue weighted by Crippen LogP contribution is 2.47. The summed E-state index contributed by atoms with van der Waals surface area (Å²) in [6.45, 7) is 0. The Bertz CT molecular complexity index is 1100. The van der Waals surface area contributed by atoms with Gasteiger partial charge in [-0.15, -0.1) is 0 Å². The molecule has 120 valence electrons. The molecule has 4 aromatic carbocycles. The molecule has 0 aromatic heterocycles. The van der Waals surface area contributed by atoms with Crippen molar-refractivity contribution in [2.75, 3.05) is 5.32 Å². The summed E-state index contributed by atoms with van der Waals surface area (Å²) in [7, 11) is 0. The molecule has 0 radical (unpaired) electrons. The second-order valence-corrected chi connectivity index (χ2v) is 6.10. The zero-order valence-electron chi connectivity index (χ0n) is 13.3. The molecule has 0 aliphatic carbocycles. The van der Waals surface area contributed by atoms with Gasteiger partial charge in [-0.25, -0.2) is 4.39 Å². The van der Waals surface area contributed by atoms with Gasteiger partial charge in [-0.1, -0.05) is 30.3 Å². The van der Waals surface area contributed by atoms with Crippen LogP contribution in [0.15, 0.2) is 78.9 Å². The molecule has 5 rings (SSSR count). The number of halogens is 1. The molecule has 0 atom stereocenters. The molecule has 3 heteroatoms. The van der Waals surface area contributed by atoms with Gasteiger partial charge in [0.2, 0.25) is 0 Å². The van der Waals surface area contributed by atoms with Crippen molar-refractivity contribution < 1.29 is 9.13 Å². The lowest BCUT2D eigenvalue weighted by Crippen LogP contribution is -1.98. The topological polar surface area (TPSA) is 21.3 Å². The summed E-state index contributed by atoms with van der Waals surface area (Å²) in [6.07, 6.45) is 0. The van der Waals surface area contributed by atoms with Gasteiger partial charge in [0.1, 0.15) is 17.3 Å². The Hall–Kier alpha value is -3.33. The van der Waals surface area contributed by atoms with Crippen molar-refractivity contribution in [2.24, 2.45) is 0 Å². The number of benzene rings is 4. The third-order valence-electron chi connectivity index (χ3n) is 4.49. The number of anilines is 2. The second-order valence-electron chi connectivity index (χ2n) is 6.10. The normalized spacial score (nSPS) is 11.7. The minimum absolute atomic E-state index is 0.246.